The topological polar surface area (TPSA) is 103 Å². The summed E-state index contributed by atoms with van der Waals surface area (Å²) in [5.41, 5.74) is 4.05. The zero-order chi connectivity index (χ0) is 20.7. The van der Waals surface area contributed by atoms with Crippen LogP contribution in [-0.2, 0) is 13.1 Å². The van der Waals surface area contributed by atoms with Gasteiger partial charge in [-0.3, -0.25) is 9.89 Å². The van der Waals surface area contributed by atoms with Gasteiger partial charge in [0.15, 0.2) is 0 Å². The number of nitrogens with one attached hydrogen (secondary N) is 3. The van der Waals surface area contributed by atoms with Crippen LogP contribution in [-0.4, -0.2) is 44.4 Å². The Labute approximate surface area is 173 Å². The fourth-order valence-electron chi connectivity index (χ4n) is 4.34. The summed E-state index contributed by atoms with van der Waals surface area (Å²) in [7, 11) is 4.12. The first-order chi connectivity index (χ1) is 14.6. The van der Waals surface area contributed by atoms with Crippen LogP contribution in [0.5, 0.6) is 0 Å². The Morgan fingerprint density at radius 2 is 1.93 bits per heavy atom. The number of aromatic nitrogens is 5. The van der Waals surface area contributed by atoms with Crippen molar-refractivity contribution in [1.82, 2.24) is 35.6 Å². The largest absolute Gasteiger partial charge is 0.305 e. The average molecular weight is 401 g/mol. The van der Waals surface area contributed by atoms with Crippen LogP contribution in [0.4, 0.5) is 0 Å². The van der Waals surface area contributed by atoms with Crippen molar-refractivity contribution in [3.63, 3.8) is 0 Å². The zero-order valence-corrected chi connectivity index (χ0v) is 16.9. The molecule has 0 saturated heterocycles. The number of hydrogen-bond acceptors (Lipinski definition) is 6. The molecule has 0 spiro atoms. The van der Waals surface area contributed by atoms with Crippen molar-refractivity contribution in [1.29, 1.82) is 0 Å². The monoisotopic (exact) mass is 401 g/mol. The van der Waals surface area contributed by atoms with Crippen LogP contribution in [0.2, 0.25) is 0 Å². The highest BCUT2D eigenvalue weighted by Crippen LogP contribution is 2.40. The van der Waals surface area contributed by atoms with Gasteiger partial charge in [0.05, 0.1) is 17.0 Å². The molecule has 4 aromatic rings. The molecular weight excluding hydrogens is 378 g/mol. The predicted octanol–water partition coefficient (Wildman–Crippen LogP) is 2.08. The zero-order valence-electron chi connectivity index (χ0n) is 16.9. The lowest BCUT2D eigenvalue weighted by Gasteiger charge is -2.25. The van der Waals surface area contributed by atoms with Gasteiger partial charge in [-0.25, -0.2) is 10.1 Å². The van der Waals surface area contributed by atoms with Gasteiger partial charge in [-0.2, -0.15) is 10.2 Å². The molecule has 2 unspecified atom stereocenters. The van der Waals surface area contributed by atoms with Gasteiger partial charge in [0, 0.05) is 24.5 Å². The van der Waals surface area contributed by atoms with Crippen molar-refractivity contribution in [3.8, 4) is 0 Å². The molecule has 0 radical (unpaired) electrons. The van der Waals surface area contributed by atoms with Crippen LogP contribution in [0.15, 0.2) is 53.6 Å². The maximum atomic E-state index is 12.4. The summed E-state index contributed by atoms with van der Waals surface area (Å²) in [6.45, 7) is 1.52. The first-order valence-electron chi connectivity index (χ1n) is 9.94. The lowest BCUT2D eigenvalue weighted by atomic mass is 9.87. The molecule has 8 heteroatoms. The van der Waals surface area contributed by atoms with E-state index in [9.17, 15) is 4.79 Å². The molecule has 2 atom stereocenters. The first kappa shape index (κ1) is 18.7. The molecule has 0 fully saturated rings. The Morgan fingerprint density at radius 3 is 2.67 bits per heavy atom. The minimum Gasteiger partial charge on any atom is -0.305 e. The number of nitrogens with zero attached hydrogens (tertiary/aromatic N) is 4. The Hall–Kier alpha value is -3.36. The molecule has 3 N–H and O–H groups in total. The number of hydrogen-bond donors (Lipinski definition) is 3. The predicted molar refractivity (Wildman–Crippen MR) is 114 cm³/mol. The Balaban J connectivity index is 1.67. The van der Waals surface area contributed by atoms with Crippen molar-refractivity contribution in [2.75, 3.05) is 14.1 Å². The molecule has 1 aliphatic heterocycles. The molecule has 0 aliphatic carbocycles. The normalized spacial score (nSPS) is 18.6. The molecule has 30 heavy (non-hydrogen) atoms. The summed E-state index contributed by atoms with van der Waals surface area (Å²) in [5.74, 6) is 0.484. The Morgan fingerprint density at radius 1 is 1.10 bits per heavy atom. The molecule has 0 amide bonds. The van der Waals surface area contributed by atoms with E-state index >= 15 is 0 Å². The van der Waals surface area contributed by atoms with Crippen molar-refractivity contribution < 1.29 is 0 Å². The molecule has 1 aliphatic rings. The summed E-state index contributed by atoms with van der Waals surface area (Å²) in [6, 6.07) is 14.3. The quantitative estimate of drug-likeness (QED) is 0.484. The van der Waals surface area contributed by atoms with Crippen LogP contribution >= 0.6 is 0 Å². The number of rotatable bonds is 4. The van der Waals surface area contributed by atoms with E-state index in [1.807, 2.05) is 18.2 Å². The summed E-state index contributed by atoms with van der Waals surface area (Å²) in [4.78, 5) is 19.0. The maximum Gasteiger partial charge on any atom is 0.272 e. The lowest BCUT2D eigenvalue weighted by Crippen LogP contribution is -2.27. The molecule has 152 valence electrons. The van der Waals surface area contributed by atoms with Gasteiger partial charge in [-0.1, -0.05) is 36.4 Å². The van der Waals surface area contributed by atoms with Crippen LogP contribution < -0.4 is 10.9 Å². The van der Waals surface area contributed by atoms with E-state index in [2.05, 4.69) is 74.0 Å². The van der Waals surface area contributed by atoms with Gasteiger partial charge < -0.3 is 10.2 Å². The van der Waals surface area contributed by atoms with Crippen LogP contribution in [0, 0.1) is 0 Å². The fraction of sp³-hybridized carbons (Fsp3) is 0.273. The highest BCUT2D eigenvalue weighted by atomic mass is 16.1. The van der Waals surface area contributed by atoms with Crippen molar-refractivity contribution in [2.24, 2.45) is 0 Å². The highest BCUT2D eigenvalue weighted by molar-refractivity contribution is 5.88. The second kappa shape index (κ2) is 7.47. The molecule has 2 aromatic heterocycles. The van der Waals surface area contributed by atoms with Gasteiger partial charge >= 0.3 is 0 Å². The third kappa shape index (κ3) is 3.20. The maximum absolute atomic E-state index is 12.4. The van der Waals surface area contributed by atoms with Crippen molar-refractivity contribution in [3.05, 3.63) is 87.4 Å². The number of benzene rings is 2. The summed E-state index contributed by atoms with van der Waals surface area (Å²) in [6.07, 6.45) is 1.51. The molecule has 0 saturated carbocycles. The van der Waals surface area contributed by atoms with E-state index in [1.54, 1.807) is 0 Å². The van der Waals surface area contributed by atoms with E-state index in [0.717, 1.165) is 28.8 Å². The van der Waals surface area contributed by atoms with E-state index in [4.69, 9.17) is 0 Å². The second-order valence-corrected chi connectivity index (χ2v) is 7.96. The third-order valence-corrected chi connectivity index (χ3v) is 5.64. The molecule has 5 rings (SSSR count). The average Bonchev–Trinajstić information content (AvgIpc) is 3.21. The second-order valence-electron chi connectivity index (χ2n) is 7.96. The van der Waals surface area contributed by atoms with E-state index in [-0.39, 0.29) is 17.5 Å². The van der Waals surface area contributed by atoms with Gasteiger partial charge in [0.1, 0.15) is 12.2 Å². The van der Waals surface area contributed by atoms with E-state index < -0.39 is 0 Å². The van der Waals surface area contributed by atoms with E-state index in [0.29, 0.717) is 17.8 Å². The van der Waals surface area contributed by atoms with Crippen molar-refractivity contribution >= 4 is 10.8 Å². The molecular formula is C22H23N7O. The van der Waals surface area contributed by atoms with Gasteiger partial charge in [-0.15, -0.1) is 0 Å². The molecule has 0 bridgehead atoms. The highest BCUT2D eigenvalue weighted by Gasteiger charge is 2.34. The lowest BCUT2D eigenvalue weighted by molar-refractivity contribution is 0.402. The SMILES string of the molecule is CN(C)Cc1ccc(C2NCc3cccc4c(=O)[nH]nc(c34)C2c2ncn[nH]2)cc1. The van der Waals surface area contributed by atoms with Gasteiger partial charge in [0.2, 0.25) is 0 Å². The third-order valence-electron chi connectivity index (χ3n) is 5.64. The molecule has 3 heterocycles. The smallest absolute Gasteiger partial charge is 0.272 e. The summed E-state index contributed by atoms with van der Waals surface area (Å²) in [5, 5.41) is 19.5. The van der Waals surface area contributed by atoms with Crippen LogP contribution in [0.25, 0.3) is 10.8 Å². The van der Waals surface area contributed by atoms with Gasteiger partial charge in [0.25, 0.3) is 5.56 Å². The molecule has 8 nitrogen and oxygen atoms in total. The summed E-state index contributed by atoms with van der Waals surface area (Å²) < 4.78 is 0. The Bertz CT molecular complexity index is 1230. The minimum absolute atomic E-state index is 0.0830. The van der Waals surface area contributed by atoms with Crippen LogP contribution in [0.1, 0.15) is 40.2 Å². The van der Waals surface area contributed by atoms with E-state index in [1.165, 1.54) is 11.9 Å². The first-order valence-corrected chi connectivity index (χ1v) is 9.94. The standard InChI is InChI=1S/C22H23N7O/c1-29(2)11-13-6-8-14(9-7-13)19-18(21-24-12-25-27-21)20-17-15(10-23-19)4-3-5-16(17)22(30)28-26-20/h3-9,12,18-19,23H,10-11H2,1-2H3,(H,28,30)(H,24,25,27). The van der Waals surface area contributed by atoms with Crippen LogP contribution in [0.3, 0.4) is 0 Å². The molecule has 2 aromatic carbocycles. The fourth-order valence-corrected chi connectivity index (χ4v) is 4.34. The van der Waals surface area contributed by atoms with Crippen molar-refractivity contribution in [2.45, 2.75) is 25.0 Å². The summed E-state index contributed by atoms with van der Waals surface area (Å²) >= 11 is 0. The van der Waals surface area contributed by atoms with Gasteiger partial charge in [-0.05, 0) is 36.9 Å². The number of H-pyrrole nitrogens is 2. The Kier molecular flexibility index (Phi) is 4.65. The number of aromatic amines is 2. The minimum atomic E-state index is -0.227.